The SMILES string of the molecule is COc1cccc(-n2c(O)c(C)n(-c3ccc(N4CCOCC4)cc3)c2=S)c1. The summed E-state index contributed by atoms with van der Waals surface area (Å²) in [7, 11) is 1.62. The van der Waals surface area contributed by atoms with Gasteiger partial charge in [0, 0.05) is 30.5 Å². The number of imidazole rings is 1. The van der Waals surface area contributed by atoms with Gasteiger partial charge in [0.15, 0.2) is 4.77 Å². The molecular formula is C21H23N3O3S. The van der Waals surface area contributed by atoms with Crippen LogP contribution in [-0.2, 0) is 4.74 Å². The molecule has 1 N–H and O–H groups in total. The summed E-state index contributed by atoms with van der Waals surface area (Å²) in [6, 6.07) is 15.7. The van der Waals surface area contributed by atoms with Crippen molar-refractivity contribution >= 4 is 17.9 Å². The molecule has 1 aliphatic heterocycles. The third-order valence-corrected chi connectivity index (χ3v) is 5.41. The first kappa shape index (κ1) is 18.6. The summed E-state index contributed by atoms with van der Waals surface area (Å²) in [5.41, 5.74) is 3.52. The van der Waals surface area contributed by atoms with Crippen LogP contribution >= 0.6 is 12.2 Å². The van der Waals surface area contributed by atoms with Crippen LogP contribution in [0.3, 0.4) is 0 Å². The number of rotatable bonds is 4. The molecule has 0 aliphatic carbocycles. The van der Waals surface area contributed by atoms with Crippen LogP contribution in [0.25, 0.3) is 11.4 Å². The minimum Gasteiger partial charge on any atom is -0.497 e. The molecule has 146 valence electrons. The first-order chi connectivity index (χ1) is 13.6. The molecule has 6 nitrogen and oxygen atoms in total. The van der Waals surface area contributed by atoms with E-state index in [0.29, 0.717) is 16.2 Å². The maximum absolute atomic E-state index is 10.7. The Balaban J connectivity index is 1.73. The van der Waals surface area contributed by atoms with Crippen molar-refractivity contribution in [2.75, 3.05) is 38.3 Å². The summed E-state index contributed by atoms with van der Waals surface area (Å²) < 4.78 is 14.8. The van der Waals surface area contributed by atoms with Gasteiger partial charge in [-0.15, -0.1) is 0 Å². The van der Waals surface area contributed by atoms with Gasteiger partial charge in [0.05, 0.1) is 31.7 Å². The van der Waals surface area contributed by atoms with Gasteiger partial charge in [-0.3, -0.25) is 9.13 Å². The highest BCUT2D eigenvalue weighted by Gasteiger charge is 2.17. The van der Waals surface area contributed by atoms with Crippen molar-refractivity contribution in [3.8, 4) is 23.0 Å². The van der Waals surface area contributed by atoms with Gasteiger partial charge < -0.3 is 19.5 Å². The number of morpholine rings is 1. The van der Waals surface area contributed by atoms with E-state index in [1.807, 2.05) is 47.9 Å². The summed E-state index contributed by atoms with van der Waals surface area (Å²) in [5.74, 6) is 0.828. The standard InChI is InChI=1S/C21H23N3O3S/c1-15-20(25)24(18-4-3-5-19(14-18)26-2)21(28)23(15)17-8-6-16(7-9-17)22-10-12-27-13-11-22/h3-9,14,25H,10-13H2,1-2H3. The molecule has 0 spiro atoms. The largest absolute Gasteiger partial charge is 0.497 e. The molecule has 1 aromatic heterocycles. The quantitative estimate of drug-likeness (QED) is 0.678. The number of methoxy groups -OCH3 is 1. The zero-order valence-corrected chi connectivity index (χ0v) is 16.8. The normalized spacial score (nSPS) is 14.3. The Bertz CT molecular complexity index is 1030. The van der Waals surface area contributed by atoms with Crippen molar-refractivity contribution in [3.63, 3.8) is 0 Å². The van der Waals surface area contributed by atoms with E-state index in [0.717, 1.165) is 43.4 Å². The van der Waals surface area contributed by atoms with Crippen LogP contribution in [0.5, 0.6) is 11.6 Å². The van der Waals surface area contributed by atoms with Crippen LogP contribution in [0, 0.1) is 11.7 Å². The number of ether oxygens (including phenoxy) is 2. The van der Waals surface area contributed by atoms with Crippen LogP contribution < -0.4 is 9.64 Å². The van der Waals surface area contributed by atoms with E-state index in [9.17, 15) is 5.11 Å². The van der Waals surface area contributed by atoms with E-state index >= 15 is 0 Å². The summed E-state index contributed by atoms with van der Waals surface area (Å²) >= 11 is 5.70. The van der Waals surface area contributed by atoms with E-state index in [4.69, 9.17) is 21.7 Å². The summed E-state index contributed by atoms with van der Waals surface area (Å²) in [4.78, 5) is 2.30. The predicted octanol–water partition coefficient (Wildman–Crippen LogP) is 3.86. The number of aromatic nitrogens is 2. The van der Waals surface area contributed by atoms with Gasteiger partial charge in [0.25, 0.3) is 0 Å². The molecule has 0 atom stereocenters. The van der Waals surface area contributed by atoms with Crippen LogP contribution in [-0.4, -0.2) is 47.7 Å². The van der Waals surface area contributed by atoms with E-state index in [-0.39, 0.29) is 5.88 Å². The maximum atomic E-state index is 10.7. The molecule has 0 unspecified atom stereocenters. The second-order valence-corrected chi connectivity index (χ2v) is 7.04. The molecular weight excluding hydrogens is 374 g/mol. The molecule has 3 aromatic rings. The van der Waals surface area contributed by atoms with E-state index in [1.54, 1.807) is 11.7 Å². The van der Waals surface area contributed by atoms with Gasteiger partial charge in [0.2, 0.25) is 5.88 Å². The molecule has 28 heavy (non-hydrogen) atoms. The molecule has 1 aliphatic rings. The Hall–Kier alpha value is -2.77. The minimum atomic E-state index is 0.121. The fraction of sp³-hybridized carbons (Fsp3) is 0.286. The topological polar surface area (TPSA) is 51.8 Å². The zero-order chi connectivity index (χ0) is 19.7. The molecule has 4 rings (SSSR count). The van der Waals surface area contributed by atoms with Gasteiger partial charge in [-0.1, -0.05) is 6.07 Å². The van der Waals surface area contributed by atoms with Crippen LogP contribution in [0.4, 0.5) is 5.69 Å². The number of aromatic hydroxyl groups is 1. The molecule has 0 bridgehead atoms. The molecule has 0 radical (unpaired) electrons. The van der Waals surface area contributed by atoms with Gasteiger partial charge in [-0.2, -0.15) is 0 Å². The fourth-order valence-electron chi connectivity index (χ4n) is 3.52. The Morgan fingerprint density at radius 3 is 2.32 bits per heavy atom. The van der Waals surface area contributed by atoms with Gasteiger partial charge in [-0.05, 0) is 55.5 Å². The van der Waals surface area contributed by atoms with Crippen LogP contribution in [0.15, 0.2) is 48.5 Å². The number of hydrogen-bond acceptors (Lipinski definition) is 5. The van der Waals surface area contributed by atoms with Gasteiger partial charge >= 0.3 is 0 Å². The van der Waals surface area contributed by atoms with E-state index < -0.39 is 0 Å². The molecule has 2 aromatic carbocycles. The average molecular weight is 398 g/mol. The summed E-state index contributed by atoms with van der Waals surface area (Å²) in [5, 5.41) is 10.7. The molecule has 2 heterocycles. The maximum Gasteiger partial charge on any atom is 0.218 e. The lowest BCUT2D eigenvalue weighted by molar-refractivity contribution is 0.122. The molecule has 1 saturated heterocycles. The molecule has 1 fully saturated rings. The first-order valence-electron chi connectivity index (χ1n) is 9.21. The number of hydrogen-bond donors (Lipinski definition) is 1. The summed E-state index contributed by atoms with van der Waals surface area (Å²) in [6.07, 6.45) is 0. The van der Waals surface area contributed by atoms with Gasteiger partial charge in [-0.25, -0.2) is 0 Å². The Morgan fingerprint density at radius 1 is 0.964 bits per heavy atom. The lowest BCUT2D eigenvalue weighted by Gasteiger charge is -2.29. The highest BCUT2D eigenvalue weighted by atomic mass is 32.1. The van der Waals surface area contributed by atoms with Crippen LogP contribution in [0.2, 0.25) is 0 Å². The summed E-state index contributed by atoms with van der Waals surface area (Å²) in [6.45, 7) is 5.15. The zero-order valence-electron chi connectivity index (χ0n) is 16.0. The average Bonchev–Trinajstić information content (AvgIpc) is 2.97. The minimum absolute atomic E-state index is 0.121. The fourth-order valence-corrected chi connectivity index (χ4v) is 3.95. The Labute approximate surface area is 169 Å². The van der Waals surface area contributed by atoms with Crippen molar-refractivity contribution in [1.29, 1.82) is 0 Å². The lowest BCUT2D eigenvalue weighted by atomic mass is 10.2. The Kier molecular flexibility index (Phi) is 5.11. The highest BCUT2D eigenvalue weighted by molar-refractivity contribution is 7.71. The number of benzene rings is 2. The van der Waals surface area contributed by atoms with Crippen molar-refractivity contribution < 1.29 is 14.6 Å². The second kappa shape index (κ2) is 7.69. The van der Waals surface area contributed by atoms with Crippen molar-refractivity contribution in [1.82, 2.24) is 9.13 Å². The van der Waals surface area contributed by atoms with Crippen LogP contribution in [0.1, 0.15) is 5.69 Å². The molecule has 7 heteroatoms. The lowest BCUT2D eigenvalue weighted by Crippen LogP contribution is -2.36. The first-order valence-corrected chi connectivity index (χ1v) is 9.62. The predicted molar refractivity (Wildman–Crippen MR) is 112 cm³/mol. The van der Waals surface area contributed by atoms with Crippen molar-refractivity contribution in [2.24, 2.45) is 0 Å². The third-order valence-electron chi connectivity index (χ3n) is 5.05. The van der Waals surface area contributed by atoms with E-state index in [2.05, 4.69) is 17.0 Å². The number of anilines is 1. The molecule has 0 amide bonds. The second-order valence-electron chi connectivity index (χ2n) is 6.68. The monoisotopic (exact) mass is 397 g/mol. The van der Waals surface area contributed by atoms with Crippen molar-refractivity contribution in [2.45, 2.75) is 6.92 Å². The van der Waals surface area contributed by atoms with Crippen molar-refractivity contribution in [3.05, 3.63) is 59.0 Å². The number of nitrogens with zero attached hydrogens (tertiary/aromatic N) is 3. The van der Waals surface area contributed by atoms with E-state index in [1.165, 1.54) is 0 Å². The smallest absolute Gasteiger partial charge is 0.218 e. The highest BCUT2D eigenvalue weighted by Crippen LogP contribution is 2.30. The van der Waals surface area contributed by atoms with Gasteiger partial charge in [0.1, 0.15) is 5.75 Å². The molecule has 0 saturated carbocycles. The Morgan fingerprint density at radius 2 is 1.64 bits per heavy atom. The third kappa shape index (κ3) is 3.27.